The smallest absolute Gasteiger partial charge is 0.245 e. The highest BCUT2D eigenvalue weighted by Crippen LogP contribution is 2.34. The van der Waals surface area contributed by atoms with E-state index in [1.54, 1.807) is 0 Å². The van der Waals surface area contributed by atoms with E-state index in [0.717, 1.165) is 17.4 Å². The molecule has 21 heavy (non-hydrogen) atoms. The molecule has 1 saturated carbocycles. The SMILES string of the molecule is Cc1ccc(NCc2nc(C3CCCC(C)C3)no2)cc1. The summed E-state index contributed by atoms with van der Waals surface area (Å²) in [6, 6.07) is 8.31. The number of anilines is 1. The number of rotatable bonds is 4. The van der Waals surface area contributed by atoms with Crippen LogP contribution < -0.4 is 5.32 Å². The second kappa shape index (κ2) is 6.29. The molecule has 1 aliphatic rings. The Kier molecular flexibility index (Phi) is 4.23. The molecule has 112 valence electrons. The molecule has 2 unspecified atom stereocenters. The molecule has 0 aliphatic heterocycles. The zero-order chi connectivity index (χ0) is 14.7. The summed E-state index contributed by atoms with van der Waals surface area (Å²) in [6.45, 7) is 4.98. The van der Waals surface area contributed by atoms with E-state index in [0.29, 0.717) is 18.4 Å². The average molecular weight is 285 g/mol. The number of nitrogens with zero attached hydrogens (tertiary/aromatic N) is 2. The number of nitrogens with one attached hydrogen (secondary N) is 1. The van der Waals surface area contributed by atoms with Gasteiger partial charge in [0.25, 0.3) is 0 Å². The number of benzene rings is 1. The Labute approximate surface area is 126 Å². The van der Waals surface area contributed by atoms with Crippen LogP contribution in [0.5, 0.6) is 0 Å². The van der Waals surface area contributed by atoms with E-state index in [1.807, 2.05) is 0 Å². The van der Waals surface area contributed by atoms with E-state index < -0.39 is 0 Å². The minimum Gasteiger partial charge on any atom is -0.376 e. The molecule has 3 rings (SSSR count). The van der Waals surface area contributed by atoms with Crippen LogP contribution in [0.3, 0.4) is 0 Å². The standard InChI is InChI=1S/C17H23N3O/c1-12-6-8-15(9-7-12)18-11-16-19-17(20-21-16)14-5-3-4-13(2)10-14/h6-9,13-14,18H,3-5,10-11H2,1-2H3. The number of hydrogen-bond donors (Lipinski definition) is 1. The minimum absolute atomic E-state index is 0.477. The van der Waals surface area contributed by atoms with E-state index in [1.165, 1.54) is 31.2 Å². The highest BCUT2D eigenvalue weighted by molar-refractivity contribution is 5.44. The van der Waals surface area contributed by atoms with Gasteiger partial charge in [-0.15, -0.1) is 0 Å². The molecule has 4 nitrogen and oxygen atoms in total. The first kappa shape index (κ1) is 14.1. The molecule has 0 spiro atoms. The lowest BCUT2D eigenvalue weighted by atomic mass is 9.82. The van der Waals surface area contributed by atoms with Crippen LogP contribution in [0.1, 0.15) is 55.8 Å². The second-order valence-electron chi connectivity index (χ2n) is 6.23. The Bertz CT molecular complexity index is 576. The topological polar surface area (TPSA) is 51.0 Å². The second-order valence-corrected chi connectivity index (χ2v) is 6.23. The van der Waals surface area contributed by atoms with Crippen molar-refractivity contribution in [3.63, 3.8) is 0 Å². The molecular weight excluding hydrogens is 262 g/mol. The summed E-state index contributed by atoms with van der Waals surface area (Å²) in [5.74, 6) is 2.81. The van der Waals surface area contributed by atoms with Gasteiger partial charge in [0, 0.05) is 11.6 Å². The first-order chi connectivity index (χ1) is 10.2. The van der Waals surface area contributed by atoms with Crippen LogP contribution in [0.15, 0.2) is 28.8 Å². The normalized spacial score (nSPS) is 22.2. The van der Waals surface area contributed by atoms with Crippen molar-refractivity contribution in [1.82, 2.24) is 10.1 Å². The molecule has 0 bridgehead atoms. The van der Waals surface area contributed by atoms with Gasteiger partial charge in [0.05, 0.1) is 6.54 Å². The fraction of sp³-hybridized carbons (Fsp3) is 0.529. The maximum atomic E-state index is 5.37. The van der Waals surface area contributed by atoms with Gasteiger partial charge in [0.2, 0.25) is 5.89 Å². The summed E-state index contributed by atoms with van der Waals surface area (Å²) < 4.78 is 5.37. The van der Waals surface area contributed by atoms with Crippen molar-refractivity contribution in [2.45, 2.75) is 52.0 Å². The van der Waals surface area contributed by atoms with Crippen molar-refractivity contribution in [1.29, 1.82) is 0 Å². The van der Waals surface area contributed by atoms with Crippen LogP contribution in [0.4, 0.5) is 5.69 Å². The van der Waals surface area contributed by atoms with Crippen molar-refractivity contribution >= 4 is 5.69 Å². The van der Waals surface area contributed by atoms with E-state index >= 15 is 0 Å². The largest absolute Gasteiger partial charge is 0.376 e. The van der Waals surface area contributed by atoms with Gasteiger partial charge in [-0.05, 0) is 37.8 Å². The third-order valence-electron chi connectivity index (χ3n) is 4.28. The predicted octanol–water partition coefficient (Wildman–Crippen LogP) is 4.28. The summed E-state index contributed by atoms with van der Waals surface area (Å²) in [7, 11) is 0. The van der Waals surface area contributed by atoms with Crippen molar-refractivity contribution in [2.75, 3.05) is 5.32 Å². The monoisotopic (exact) mass is 285 g/mol. The summed E-state index contributed by atoms with van der Waals surface area (Å²) >= 11 is 0. The molecule has 1 fully saturated rings. The Morgan fingerprint density at radius 1 is 1.24 bits per heavy atom. The van der Waals surface area contributed by atoms with Crippen molar-refractivity contribution in [3.05, 3.63) is 41.5 Å². The Morgan fingerprint density at radius 2 is 2.05 bits per heavy atom. The summed E-state index contributed by atoms with van der Waals surface area (Å²) in [4.78, 5) is 4.56. The van der Waals surface area contributed by atoms with E-state index in [2.05, 4.69) is 53.6 Å². The van der Waals surface area contributed by atoms with Gasteiger partial charge in [-0.25, -0.2) is 0 Å². The third kappa shape index (κ3) is 3.63. The Morgan fingerprint density at radius 3 is 2.81 bits per heavy atom. The number of aryl methyl sites for hydroxylation is 1. The zero-order valence-corrected chi connectivity index (χ0v) is 12.8. The van der Waals surface area contributed by atoms with Gasteiger partial charge in [0.15, 0.2) is 5.82 Å². The van der Waals surface area contributed by atoms with Crippen LogP contribution in [0.2, 0.25) is 0 Å². The molecule has 1 aromatic heterocycles. The average Bonchev–Trinajstić information content (AvgIpc) is 2.96. The lowest BCUT2D eigenvalue weighted by molar-refractivity contribution is 0.320. The van der Waals surface area contributed by atoms with Crippen molar-refractivity contribution < 1.29 is 4.52 Å². The molecule has 1 aromatic carbocycles. The first-order valence-corrected chi connectivity index (χ1v) is 7.84. The van der Waals surface area contributed by atoms with Crippen LogP contribution >= 0.6 is 0 Å². The minimum atomic E-state index is 0.477. The molecular formula is C17H23N3O. The number of hydrogen-bond acceptors (Lipinski definition) is 4. The van der Waals surface area contributed by atoms with Gasteiger partial charge in [0.1, 0.15) is 0 Å². The van der Waals surface area contributed by atoms with Crippen LogP contribution in [-0.2, 0) is 6.54 Å². The van der Waals surface area contributed by atoms with Crippen LogP contribution in [-0.4, -0.2) is 10.1 Å². The fourth-order valence-electron chi connectivity index (χ4n) is 3.02. The third-order valence-corrected chi connectivity index (χ3v) is 4.28. The molecule has 1 heterocycles. The van der Waals surface area contributed by atoms with Gasteiger partial charge >= 0.3 is 0 Å². The van der Waals surface area contributed by atoms with Crippen molar-refractivity contribution in [3.8, 4) is 0 Å². The fourth-order valence-corrected chi connectivity index (χ4v) is 3.02. The van der Waals surface area contributed by atoms with Crippen LogP contribution in [0, 0.1) is 12.8 Å². The Balaban J connectivity index is 1.58. The molecule has 1 aliphatic carbocycles. The molecule has 2 atom stereocenters. The lowest BCUT2D eigenvalue weighted by Crippen LogP contribution is -2.13. The lowest BCUT2D eigenvalue weighted by Gasteiger charge is -2.23. The molecule has 4 heteroatoms. The molecule has 1 N–H and O–H groups in total. The van der Waals surface area contributed by atoms with E-state index in [-0.39, 0.29) is 0 Å². The first-order valence-electron chi connectivity index (χ1n) is 7.84. The van der Waals surface area contributed by atoms with Gasteiger partial charge in [-0.1, -0.05) is 42.6 Å². The molecule has 2 aromatic rings. The van der Waals surface area contributed by atoms with Crippen LogP contribution in [0.25, 0.3) is 0 Å². The maximum Gasteiger partial charge on any atom is 0.245 e. The summed E-state index contributed by atoms with van der Waals surface area (Å²) in [5.41, 5.74) is 2.33. The van der Waals surface area contributed by atoms with E-state index in [4.69, 9.17) is 4.52 Å². The van der Waals surface area contributed by atoms with Gasteiger partial charge in [-0.2, -0.15) is 4.98 Å². The highest BCUT2D eigenvalue weighted by Gasteiger charge is 2.24. The van der Waals surface area contributed by atoms with Crippen molar-refractivity contribution in [2.24, 2.45) is 5.92 Å². The summed E-state index contributed by atoms with van der Waals surface area (Å²) in [5, 5.41) is 7.49. The Hall–Kier alpha value is -1.84. The molecule has 0 amide bonds. The molecule has 0 radical (unpaired) electrons. The van der Waals surface area contributed by atoms with Gasteiger partial charge in [-0.3, -0.25) is 0 Å². The zero-order valence-electron chi connectivity index (χ0n) is 12.8. The highest BCUT2D eigenvalue weighted by atomic mass is 16.5. The predicted molar refractivity (Wildman–Crippen MR) is 83.2 cm³/mol. The number of aromatic nitrogens is 2. The summed E-state index contributed by atoms with van der Waals surface area (Å²) in [6.07, 6.45) is 4.98. The molecule has 0 saturated heterocycles. The quantitative estimate of drug-likeness (QED) is 0.910. The van der Waals surface area contributed by atoms with E-state index in [9.17, 15) is 0 Å². The van der Waals surface area contributed by atoms with Gasteiger partial charge < -0.3 is 9.84 Å². The maximum absolute atomic E-state index is 5.37.